The maximum absolute atomic E-state index is 10.3. The Kier molecular flexibility index (Phi) is 6.65. The van der Waals surface area contributed by atoms with Gasteiger partial charge in [-0.15, -0.1) is 0 Å². The first kappa shape index (κ1) is 19.3. The summed E-state index contributed by atoms with van der Waals surface area (Å²) < 4.78 is 5.62. The molecule has 3 rings (SSSR count). The van der Waals surface area contributed by atoms with E-state index in [4.69, 9.17) is 27.9 Å². The summed E-state index contributed by atoms with van der Waals surface area (Å²) in [5, 5.41) is 11.3. The molecule has 0 amide bonds. The molecule has 1 heterocycles. The van der Waals surface area contributed by atoms with E-state index in [-0.39, 0.29) is 6.61 Å². The smallest absolute Gasteiger partial charge is 0.138 e. The van der Waals surface area contributed by atoms with E-state index in [1.165, 1.54) is 11.3 Å². The van der Waals surface area contributed by atoms with E-state index >= 15 is 0 Å². The summed E-state index contributed by atoms with van der Waals surface area (Å²) in [5.74, 6) is 0.541. The second kappa shape index (κ2) is 8.96. The highest BCUT2D eigenvalue weighted by molar-refractivity contribution is 6.35. The van der Waals surface area contributed by atoms with Crippen molar-refractivity contribution < 1.29 is 9.84 Å². The number of β-amino-alcohol motifs (C(OH)–C–C–N with tert-alkyl or cyclic N) is 1. The number of anilines is 1. The number of piperazine rings is 1. The summed E-state index contributed by atoms with van der Waals surface area (Å²) >= 11 is 12.0. The number of aryl methyl sites for hydroxylation is 1. The van der Waals surface area contributed by atoms with Crippen LogP contribution in [0.4, 0.5) is 5.69 Å². The normalized spacial score (nSPS) is 16.5. The number of rotatable bonds is 6. The van der Waals surface area contributed by atoms with Crippen LogP contribution >= 0.6 is 23.2 Å². The molecule has 0 spiro atoms. The van der Waals surface area contributed by atoms with Crippen molar-refractivity contribution in [2.75, 3.05) is 44.2 Å². The molecule has 4 nitrogen and oxygen atoms in total. The van der Waals surface area contributed by atoms with Crippen LogP contribution in [0.3, 0.4) is 0 Å². The molecule has 1 aliphatic heterocycles. The summed E-state index contributed by atoms with van der Waals surface area (Å²) in [6, 6.07) is 13.7. The molecule has 0 radical (unpaired) electrons. The fourth-order valence-electron chi connectivity index (χ4n) is 3.07. The lowest BCUT2D eigenvalue weighted by Gasteiger charge is -2.36. The third-order valence-corrected chi connectivity index (χ3v) is 5.10. The molecule has 1 aliphatic rings. The molecule has 0 aliphatic carbocycles. The van der Waals surface area contributed by atoms with E-state index in [0.717, 1.165) is 26.2 Å². The second-order valence-corrected chi connectivity index (χ2v) is 7.51. The predicted octanol–water partition coefficient (Wildman–Crippen LogP) is 3.86. The van der Waals surface area contributed by atoms with Crippen molar-refractivity contribution in [2.45, 2.75) is 13.0 Å². The Labute approximate surface area is 164 Å². The minimum absolute atomic E-state index is 0.208. The largest absolute Gasteiger partial charge is 0.489 e. The van der Waals surface area contributed by atoms with E-state index < -0.39 is 6.10 Å². The van der Waals surface area contributed by atoms with Crippen molar-refractivity contribution >= 4 is 28.9 Å². The molecule has 1 N–H and O–H groups in total. The summed E-state index contributed by atoms with van der Waals surface area (Å²) in [6.45, 7) is 6.66. The molecule has 1 fully saturated rings. The Morgan fingerprint density at radius 2 is 1.73 bits per heavy atom. The Morgan fingerprint density at radius 1 is 1.04 bits per heavy atom. The first-order valence-electron chi connectivity index (χ1n) is 8.81. The molecule has 0 saturated carbocycles. The van der Waals surface area contributed by atoms with E-state index in [0.29, 0.717) is 22.3 Å². The van der Waals surface area contributed by atoms with Crippen molar-refractivity contribution in [1.29, 1.82) is 0 Å². The number of hydrogen-bond acceptors (Lipinski definition) is 4. The van der Waals surface area contributed by atoms with Gasteiger partial charge in [0.25, 0.3) is 0 Å². The van der Waals surface area contributed by atoms with Gasteiger partial charge in [0.2, 0.25) is 0 Å². The Balaban J connectivity index is 1.43. The number of aliphatic hydroxyl groups is 1. The Morgan fingerprint density at radius 3 is 2.38 bits per heavy atom. The van der Waals surface area contributed by atoms with Crippen LogP contribution in [-0.2, 0) is 0 Å². The van der Waals surface area contributed by atoms with Crippen LogP contribution < -0.4 is 9.64 Å². The van der Waals surface area contributed by atoms with Crippen LogP contribution in [0.25, 0.3) is 0 Å². The van der Waals surface area contributed by atoms with E-state index in [1.807, 2.05) is 0 Å². The zero-order valence-corrected chi connectivity index (χ0v) is 16.4. The van der Waals surface area contributed by atoms with Crippen molar-refractivity contribution in [2.24, 2.45) is 0 Å². The van der Waals surface area contributed by atoms with Gasteiger partial charge in [-0.2, -0.15) is 0 Å². The van der Waals surface area contributed by atoms with Crippen molar-refractivity contribution in [3.05, 3.63) is 58.1 Å². The average molecular weight is 395 g/mol. The quantitative estimate of drug-likeness (QED) is 0.806. The van der Waals surface area contributed by atoms with Crippen LogP contribution in [0.15, 0.2) is 42.5 Å². The molecule has 1 saturated heterocycles. The van der Waals surface area contributed by atoms with Gasteiger partial charge >= 0.3 is 0 Å². The van der Waals surface area contributed by atoms with Gasteiger partial charge in [0.05, 0.1) is 5.02 Å². The minimum Gasteiger partial charge on any atom is -0.489 e. The fourth-order valence-corrected chi connectivity index (χ4v) is 3.54. The molecule has 2 aromatic carbocycles. The first-order chi connectivity index (χ1) is 12.5. The molecule has 0 aromatic heterocycles. The zero-order valence-electron chi connectivity index (χ0n) is 14.9. The summed E-state index contributed by atoms with van der Waals surface area (Å²) in [6.07, 6.45) is -0.562. The van der Waals surface area contributed by atoms with Crippen molar-refractivity contribution in [3.8, 4) is 5.75 Å². The summed E-state index contributed by atoms with van der Waals surface area (Å²) in [7, 11) is 0. The molecule has 0 bridgehead atoms. The first-order valence-corrected chi connectivity index (χ1v) is 9.57. The lowest BCUT2D eigenvalue weighted by Crippen LogP contribution is -2.49. The molecule has 140 valence electrons. The van der Waals surface area contributed by atoms with Crippen LogP contribution in [0, 0.1) is 6.92 Å². The number of nitrogens with zero attached hydrogens (tertiary/aromatic N) is 2. The van der Waals surface area contributed by atoms with Crippen molar-refractivity contribution in [3.63, 3.8) is 0 Å². The lowest BCUT2D eigenvalue weighted by molar-refractivity contribution is 0.0663. The van der Waals surface area contributed by atoms with Gasteiger partial charge in [-0.1, -0.05) is 40.9 Å². The van der Waals surface area contributed by atoms with Gasteiger partial charge in [0.1, 0.15) is 18.5 Å². The van der Waals surface area contributed by atoms with E-state index in [9.17, 15) is 5.11 Å². The third kappa shape index (κ3) is 5.27. The maximum atomic E-state index is 10.3. The molecule has 6 heteroatoms. The van der Waals surface area contributed by atoms with Gasteiger partial charge in [0.15, 0.2) is 0 Å². The highest BCUT2D eigenvalue weighted by atomic mass is 35.5. The second-order valence-electron chi connectivity index (χ2n) is 6.66. The van der Waals surface area contributed by atoms with E-state index in [2.05, 4.69) is 41.0 Å². The summed E-state index contributed by atoms with van der Waals surface area (Å²) in [4.78, 5) is 4.65. The van der Waals surface area contributed by atoms with Crippen LogP contribution in [0.5, 0.6) is 5.75 Å². The maximum Gasteiger partial charge on any atom is 0.138 e. The fraction of sp³-hybridized carbons (Fsp3) is 0.400. The summed E-state index contributed by atoms with van der Waals surface area (Å²) in [5.41, 5.74) is 2.54. The van der Waals surface area contributed by atoms with Gasteiger partial charge in [-0.05, 0) is 37.3 Å². The molecule has 26 heavy (non-hydrogen) atoms. The lowest BCUT2D eigenvalue weighted by atomic mass is 10.2. The number of hydrogen-bond donors (Lipinski definition) is 1. The molecular weight excluding hydrogens is 371 g/mol. The highest BCUT2D eigenvalue weighted by Gasteiger charge is 2.20. The monoisotopic (exact) mass is 394 g/mol. The topological polar surface area (TPSA) is 35.9 Å². The zero-order chi connectivity index (χ0) is 18.5. The van der Waals surface area contributed by atoms with E-state index in [1.54, 1.807) is 18.2 Å². The van der Waals surface area contributed by atoms with Crippen molar-refractivity contribution in [1.82, 2.24) is 4.90 Å². The van der Waals surface area contributed by atoms with Gasteiger partial charge in [0, 0.05) is 43.4 Å². The molecule has 0 unspecified atom stereocenters. The van der Waals surface area contributed by atoms with Gasteiger partial charge < -0.3 is 14.7 Å². The highest BCUT2D eigenvalue weighted by Crippen LogP contribution is 2.27. The Bertz CT molecular complexity index is 716. The Hall–Kier alpha value is -1.46. The van der Waals surface area contributed by atoms with Crippen LogP contribution in [0.1, 0.15) is 5.56 Å². The number of halogens is 2. The van der Waals surface area contributed by atoms with Crippen LogP contribution in [-0.4, -0.2) is 55.4 Å². The SMILES string of the molecule is Cc1ccc(N2CCN(C[C@H](O)COc3ccc(Cl)cc3Cl)CC2)cc1. The van der Waals surface area contributed by atoms with Gasteiger partial charge in [-0.25, -0.2) is 0 Å². The third-order valence-electron chi connectivity index (χ3n) is 4.57. The predicted molar refractivity (Wildman–Crippen MR) is 108 cm³/mol. The molecular formula is C20H24Cl2N2O2. The number of benzene rings is 2. The van der Waals surface area contributed by atoms with Gasteiger partial charge in [-0.3, -0.25) is 4.90 Å². The molecule has 2 aromatic rings. The number of ether oxygens (including phenoxy) is 1. The standard InChI is InChI=1S/C20H24Cl2N2O2/c1-15-2-5-17(6-3-15)24-10-8-23(9-11-24)13-18(25)14-26-20-7-4-16(21)12-19(20)22/h2-7,12,18,25H,8-11,13-14H2,1H3/t18-/m0/s1. The minimum atomic E-state index is -0.562. The average Bonchev–Trinajstić information content (AvgIpc) is 2.62. The number of aliphatic hydroxyl groups excluding tert-OH is 1. The van der Waals surface area contributed by atoms with Crippen LogP contribution in [0.2, 0.25) is 10.0 Å². The molecule has 1 atom stereocenters.